The molecule has 0 aliphatic carbocycles. The molecule has 0 radical (unpaired) electrons. The first-order valence-electron chi connectivity index (χ1n) is 10.1. The lowest BCUT2D eigenvalue weighted by Crippen LogP contribution is -2.37. The van der Waals surface area contributed by atoms with Gasteiger partial charge in [0.15, 0.2) is 0 Å². The van der Waals surface area contributed by atoms with Gasteiger partial charge < -0.3 is 9.32 Å². The minimum absolute atomic E-state index is 0.00411. The summed E-state index contributed by atoms with van der Waals surface area (Å²) in [4.78, 5) is 16.8. The highest BCUT2D eigenvalue weighted by molar-refractivity contribution is 7.89. The van der Waals surface area contributed by atoms with Gasteiger partial charge in [-0.2, -0.15) is 4.31 Å². The third kappa shape index (κ3) is 4.24. The summed E-state index contributed by atoms with van der Waals surface area (Å²) in [6.07, 6.45) is 5.21. The van der Waals surface area contributed by atoms with Gasteiger partial charge in [0.05, 0.1) is 24.2 Å². The number of hydrogen-bond acceptors (Lipinski definition) is 5. The lowest BCUT2D eigenvalue weighted by molar-refractivity contribution is -0.119. The van der Waals surface area contributed by atoms with Crippen LogP contribution < -0.4 is 4.90 Å². The fraction of sp³-hybridized carbons (Fsp3) is 0.476. The number of nitrogens with zero attached hydrogens (tertiary/aromatic N) is 3. The van der Waals surface area contributed by atoms with Crippen LogP contribution in [0.1, 0.15) is 30.6 Å². The Hall–Kier alpha value is -2.16. The van der Waals surface area contributed by atoms with Gasteiger partial charge in [0.1, 0.15) is 5.76 Å². The third-order valence-corrected chi connectivity index (χ3v) is 7.51. The number of benzene rings is 1. The number of carbonyl (C=O) groups is 1. The summed E-state index contributed by atoms with van der Waals surface area (Å²) in [5, 5.41) is 0. The highest BCUT2D eigenvalue weighted by Crippen LogP contribution is 2.32. The van der Waals surface area contributed by atoms with E-state index in [-0.39, 0.29) is 12.5 Å². The second kappa shape index (κ2) is 8.30. The standard InChI is InChI=1S/C21H27N3O4S/c1-22(15-18-6-5-13-28-18)16-21(25)24-12-9-17-14-19(7-8-20(17)24)29(26,27)23-10-3-2-4-11-23/h5-8,13-14H,2-4,9-12,15-16H2,1H3. The maximum absolute atomic E-state index is 12.9. The lowest BCUT2D eigenvalue weighted by Gasteiger charge is -2.26. The fourth-order valence-electron chi connectivity index (χ4n) is 4.09. The van der Waals surface area contributed by atoms with E-state index in [1.807, 2.05) is 24.1 Å². The number of carbonyl (C=O) groups excluding carboxylic acids is 1. The number of amides is 1. The van der Waals surface area contributed by atoms with Crippen molar-refractivity contribution in [2.75, 3.05) is 38.1 Å². The van der Waals surface area contributed by atoms with E-state index in [2.05, 4.69) is 0 Å². The molecule has 0 atom stereocenters. The summed E-state index contributed by atoms with van der Waals surface area (Å²) in [5.41, 5.74) is 1.74. The minimum atomic E-state index is -3.46. The Labute approximate surface area is 171 Å². The molecule has 2 aromatic rings. The number of likely N-dealkylation sites (N-methyl/N-ethyl adjacent to an activating group) is 1. The molecule has 1 saturated heterocycles. The average molecular weight is 418 g/mol. The van der Waals surface area contributed by atoms with Crippen LogP contribution in [-0.2, 0) is 27.8 Å². The van der Waals surface area contributed by atoms with E-state index in [4.69, 9.17) is 4.42 Å². The van der Waals surface area contributed by atoms with Crippen LogP contribution in [0.2, 0.25) is 0 Å². The molecule has 7 nitrogen and oxygen atoms in total. The summed E-state index contributed by atoms with van der Waals surface area (Å²) in [6.45, 7) is 2.59. The summed E-state index contributed by atoms with van der Waals surface area (Å²) in [7, 11) is -1.58. The van der Waals surface area contributed by atoms with Crippen molar-refractivity contribution >= 4 is 21.6 Å². The van der Waals surface area contributed by atoms with Crippen LogP contribution in [0, 0.1) is 0 Å². The maximum Gasteiger partial charge on any atom is 0.243 e. The van der Waals surface area contributed by atoms with Crippen LogP contribution in [0.3, 0.4) is 0 Å². The summed E-state index contributed by atoms with van der Waals surface area (Å²) >= 11 is 0. The molecule has 0 unspecified atom stereocenters. The third-order valence-electron chi connectivity index (χ3n) is 5.61. The monoisotopic (exact) mass is 417 g/mol. The van der Waals surface area contributed by atoms with Crippen molar-refractivity contribution in [3.63, 3.8) is 0 Å². The number of piperidine rings is 1. The smallest absolute Gasteiger partial charge is 0.243 e. The maximum atomic E-state index is 12.9. The molecule has 0 N–H and O–H groups in total. The number of hydrogen-bond donors (Lipinski definition) is 0. The van der Waals surface area contributed by atoms with Crippen LogP contribution >= 0.6 is 0 Å². The van der Waals surface area contributed by atoms with Crippen molar-refractivity contribution < 1.29 is 17.6 Å². The summed E-state index contributed by atoms with van der Waals surface area (Å²) in [6, 6.07) is 8.89. The van der Waals surface area contributed by atoms with Gasteiger partial charge in [-0.05, 0) is 62.2 Å². The zero-order valence-corrected chi connectivity index (χ0v) is 17.5. The van der Waals surface area contributed by atoms with Crippen molar-refractivity contribution in [3.05, 3.63) is 47.9 Å². The predicted octanol–water partition coefficient (Wildman–Crippen LogP) is 2.48. The van der Waals surface area contributed by atoms with Crippen molar-refractivity contribution in [2.45, 2.75) is 37.1 Å². The van der Waals surface area contributed by atoms with Gasteiger partial charge in [-0.1, -0.05) is 6.42 Å². The Morgan fingerprint density at radius 3 is 2.66 bits per heavy atom. The molecule has 0 spiro atoms. The van der Waals surface area contributed by atoms with Crippen molar-refractivity contribution in [3.8, 4) is 0 Å². The number of sulfonamides is 1. The van der Waals surface area contributed by atoms with E-state index >= 15 is 0 Å². The quantitative estimate of drug-likeness (QED) is 0.722. The van der Waals surface area contributed by atoms with Gasteiger partial charge in [-0.15, -0.1) is 0 Å². The summed E-state index contributed by atoms with van der Waals surface area (Å²) < 4.78 is 32.8. The molecule has 0 saturated carbocycles. The molecule has 156 valence electrons. The molecule has 2 aliphatic rings. The zero-order chi connectivity index (χ0) is 20.4. The van der Waals surface area contributed by atoms with Crippen molar-refractivity contribution in [2.24, 2.45) is 0 Å². The molecule has 1 aromatic carbocycles. The highest BCUT2D eigenvalue weighted by atomic mass is 32.2. The first kappa shape index (κ1) is 20.1. The normalized spacial score (nSPS) is 17.7. The largest absolute Gasteiger partial charge is 0.468 e. The van der Waals surface area contributed by atoms with E-state index in [9.17, 15) is 13.2 Å². The molecule has 3 heterocycles. The topological polar surface area (TPSA) is 74.1 Å². The van der Waals surface area contributed by atoms with Crippen LogP contribution in [0.5, 0.6) is 0 Å². The second-order valence-corrected chi connectivity index (χ2v) is 9.74. The number of fused-ring (bicyclic) bond motifs is 1. The Kier molecular flexibility index (Phi) is 5.76. The fourth-order valence-corrected chi connectivity index (χ4v) is 5.66. The Bertz CT molecular complexity index is 966. The highest BCUT2D eigenvalue weighted by Gasteiger charge is 2.30. The van der Waals surface area contributed by atoms with E-state index in [0.717, 1.165) is 36.3 Å². The number of rotatable bonds is 6. The van der Waals surface area contributed by atoms with Gasteiger partial charge in [-0.3, -0.25) is 9.69 Å². The van der Waals surface area contributed by atoms with E-state index in [1.54, 1.807) is 33.7 Å². The second-order valence-electron chi connectivity index (χ2n) is 7.80. The zero-order valence-electron chi connectivity index (χ0n) is 16.7. The SMILES string of the molecule is CN(CC(=O)N1CCc2cc(S(=O)(=O)N3CCCCC3)ccc21)Cc1ccco1. The van der Waals surface area contributed by atoms with Gasteiger partial charge in [-0.25, -0.2) is 8.42 Å². The van der Waals surface area contributed by atoms with Crippen LogP contribution in [0.15, 0.2) is 45.9 Å². The summed E-state index contributed by atoms with van der Waals surface area (Å²) in [5.74, 6) is 0.819. The molecular weight excluding hydrogens is 390 g/mol. The lowest BCUT2D eigenvalue weighted by atomic mass is 10.2. The molecule has 4 rings (SSSR count). The molecule has 1 aromatic heterocycles. The van der Waals surface area contributed by atoms with Gasteiger partial charge in [0, 0.05) is 25.3 Å². The van der Waals surface area contributed by atoms with E-state index in [1.165, 1.54) is 0 Å². The molecule has 1 fully saturated rings. The van der Waals surface area contributed by atoms with Crippen molar-refractivity contribution in [1.82, 2.24) is 9.21 Å². The van der Waals surface area contributed by atoms with Crippen LogP contribution in [0.25, 0.3) is 0 Å². The molecule has 1 amide bonds. The van der Waals surface area contributed by atoms with Gasteiger partial charge in [0.2, 0.25) is 15.9 Å². The van der Waals surface area contributed by atoms with E-state index < -0.39 is 10.0 Å². The average Bonchev–Trinajstić information content (AvgIpc) is 3.37. The Morgan fingerprint density at radius 1 is 1.14 bits per heavy atom. The number of anilines is 1. The molecule has 8 heteroatoms. The van der Waals surface area contributed by atoms with Crippen LogP contribution in [-0.4, -0.2) is 56.8 Å². The minimum Gasteiger partial charge on any atom is -0.468 e. The van der Waals surface area contributed by atoms with Gasteiger partial charge >= 0.3 is 0 Å². The molecule has 2 aliphatic heterocycles. The van der Waals surface area contributed by atoms with E-state index in [0.29, 0.717) is 37.5 Å². The molecular formula is C21H27N3O4S. The predicted molar refractivity (Wildman–Crippen MR) is 110 cm³/mol. The Balaban J connectivity index is 1.46. The first-order valence-corrected chi connectivity index (χ1v) is 11.5. The Morgan fingerprint density at radius 2 is 1.93 bits per heavy atom. The number of furan rings is 1. The van der Waals surface area contributed by atoms with Crippen LogP contribution in [0.4, 0.5) is 5.69 Å². The molecule has 0 bridgehead atoms. The first-order chi connectivity index (χ1) is 13.9. The van der Waals surface area contributed by atoms with Crippen molar-refractivity contribution in [1.29, 1.82) is 0 Å². The van der Waals surface area contributed by atoms with Gasteiger partial charge in [0.25, 0.3) is 0 Å². The molecule has 29 heavy (non-hydrogen) atoms.